The Kier molecular flexibility index (Phi) is 6.61. The molecule has 0 atom stereocenters. The van der Waals surface area contributed by atoms with Crippen LogP contribution in [0.2, 0.25) is 0 Å². The van der Waals surface area contributed by atoms with Crippen molar-refractivity contribution in [3.8, 4) is 5.88 Å². The van der Waals surface area contributed by atoms with E-state index < -0.39 is 10.0 Å². The second kappa shape index (κ2) is 9.03. The van der Waals surface area contributed by atoms with E-state index in [2.05, 4.69) is 15.4 Å². The van der Waals surface area contributed by atoms with Crippen molar-refractivity contribution in [3.63, 3.8) is 0 Å². The topological polar surface area (TPSA) is 106 Å². The Morgan fingerprint density at radius 3 is 2.42 bits per heavy atom. The molecule has 2 aromatic heterocycles. The van der Waals surface area contributed by atoms with Gasteiger partial charge in [-0.25, -0.2) is 18.1 Å². The van der Waals surface area contributed by atoms with Gasteiger partial charge in [-0.05, 0) is 49.7 Å². The molecule has 0 spiro atoms. The Hall–Kier alpha value is -2.98. The number of benzene rings is 1. The second-order valence-corrected chi connectivity index (χ2v) is 9.10. The second-order valence-electron chi connectivity index (χ2n) is 7.16. The van der Waals surface area contributed by atoms with E-state index in [9.17, 15) is 13.2 Å². The summed E-state index contributed by atoms with van der Waals surface area (Å²) in [4.78, 5) is 17.0. The predicted molar refractivity (Wildman–Crippen MR) is 119 cm³/mol. The molecular formula is C21H27N5O4S. The van der Waals surface area contributed by atoms with Gasteiger partial charge in [-0.15, -0.1) is 5.10 Å². The molecule has 1 amide bonds. The maximum atomic E-state index is 12.5. The van der Waals surface area contributed by atoms with Crippen LogP contribution in [-0.4, -0.2) is 53.1 Å². The van der Waals surface area contributed by atoms with E-state index in [1.54, 1.807) is 37.7 Å². The van der Waals surface area contributed by atoms with Crippen LogP contribution in [0.3, 0.4) is 0 Å². The molecule has 3 aromatic rings. The number of fused-ring (bicyclic) bond motifs is 1. The van der Waals surface area contributed by atoms with Crippen LogP contribution in [0.4, 0.5) is 5.69 Å². The molecule has 1 aromatic carbocycles. The molecule has 1 N–H and O–H groups in total. The van der Waals surface area contributed by atoms with Gasteiger partial charge in [0.1, 0.15) is 0 Å². The lowest BCUT2D eigenvalue weighted by atomic mass is 10.2. The van der Waals surface area contributed by atoms with Crippen LogP contribution in [0.15, 0.2) is 35.2 Å². The van der Waals surface area contributed by atoms with Crippen molar-refractivity contribution < 1.29 is 17.9 Å². The van der Waals surface area contributed by atoms with Gasteiger partial charge in [0.15, 0.2) is 12.3 Å². The molecule has 31 heavy (non-hydrogen) atoms. The minimum absolute atomic E-state index is 0.184. The van der Waals surface area contributed by atoms with Gasteiger partial charge in [0.2, 0.25) is 15.9 Å². The number of rotatable bonds is 8. The van der Waals surface area contributed by atoms with E-state index in [4.69, 9.17) is 4.74 Å². The van der Waals surface area contributed by atoms with Crippen LogP contribution in [0.25, 0.3) is 11.0 Å². The number of pyridine rings is 1. The number of hydrogen-bond acceptors (Lipinski definition) is 6. The zero-order valence-corrected chi connectivity index (χ0v) is 19.2. The van der Waals surface area contributed by atoms with Gasteiger partial charge in [0.25, 0.3) is 5.91 Å². The van der Waals surface area contributed by atoms with Crippen LogP contribution in [0, 0.1) is 13.8 Å². The van der Waals surface area contributed by atoms with Crippen LogP contribution in [-0.2, 0) is 21.9 Å². The van der Waals surface area contributed by atoms with Crippen LogP contribution >= 0.6 is 0 Å². The fourth-order valence-corrected chi connectivity index (χ4v) is 4.86. The van der Waals surface area contributed by atoms with Crippen molar-refractivity contribution in [2.75, 3.05) is 25.0 Å². The zero-order chi connectivity index (χ0) is 22.8. The number of hydrogen-bond donors (Lipinski definition) is 1. The summed E-state index contributed by atoms with van der Waals surface area (Å²) in [7, 11) is -1.77. The minimum Gasteiger partial charge on any atom is -0.466 e. The number of ether oxygens (including phenoxy) is 1. The summed E-state index contributed by atoms with van der Waals surface area (Å²) in [5, 5.41) is 7.80. The maximum absolute atomic E-state index is 12.5. The molecule has 0 unspecified atom stereocenters. The first-order valence-corrected chi connectivity index (χ1v) is 11.4. The van der Waals surface area contributed by atoms with E-state index >= 15 is 0 Å². The van der Waals surface area contributed by atoms with Crippen molar-refractivity contribution >= 4 is 32.7 Å². The Balaban J connectivity index is 1.68. The first-order valence-electron chi connectivity index (χ1n) is 10.0. The molecule has 0 fully saturated rings. The smallest absolute Gasteiger partial charge is 0.262 e. The molecule has 9 nitrogen and oxygen atoms in total. The minimum atomic E-state index is -3.54. The summed E-state index contributed by atoms with van der Waals surface area (Å²) in [6.45, 7) is 7.99. The number of anilines is 1. The van der Waals surface area contributed by atoms with Crippen molar-refractivity contribution in [3.05, 3.63) is 41.6 Å². The van der Waals surface area contributed by atoms with E-state index in [-0.39, 0.29) is 17.4 Å². The summed E-state index contributed by atoms with van der Waals surface area (Å²) in [6.07, 6.45) is 0. The summed E-state index contributed by atoms with van der Waals surface area (Å²) in [5.41, 5.74) is 3.02. The van der Waals surface area contributed by atoms with Crippen LogP contribution in [0.5, 0.6) is 5.88 Å². The normalized spacial score (nSPS) is 11.8. The number of aryl methyl sites for hydroxylation is 3. The van der Waals surface area contributed by atoms with E-state index in [1.807, 2.05) is 19.9 Å². The molecule has 10 heteroatoms. The number of nitrogens with zero attached hydrogens (tertiary/aromatic N) is 4. The number of nitrogens with one attached hydrogen (secondary N) is 1. The fraction of sp³-hybridized carbons (Fsp3) is 0.381. The summed E-state index contributed by atoms with van der Waals surface area (Å²) in [6, 6.07) is 8.01. The average Bonchev–Trinajstić information content (AvgIpc) is 3.03. The van der Waals surface area contributed by atoms with Gasteiger partial charge >= 0.3 is 0 Å². The molecule has 0 saturated carbocycles. The average molecular weight is 446 g/mol. The molecule has 0 aliphatic rings. The molecule has 3 rings (SSSR count). The quantitative estimate of drug-likeness (QED) is 0.571. The van der Waals surface area contributed by atoms with E-state index in [0.717, 1.165) is 16.6 Å². The van der Waals surface area contributed by atoms with E-state index in [1.165, 1.54) is 16.4 Å². The van der Waals surface area contributed by atoms with Crippen molar-refractivity contribution in [2.45, 2.75) is 32.6 Å². The monoisotopic (exact) mass is 445 g/mol. The molecule has 0 bridgehead atoms. The number of amides is 1. The number of carbonyl (C=O) groups excluding carboxylic acids is 1. The predicted octanol–water partition coefficient (Wildman–Crippen LogP) is 2.63. The highest BCUT2D eigenvalue weighted by Gasteiger charge is 2.21. The number of sulfonamides is 1. The van der Waals surface area contributed by atoms with E-state index in [0.29, 0.717) is 30.3 Å². The highest BCUT2D eigenvalue weighted by atomic mass is 32.2. The van der Waals surface area contributed by atoms with Gasteiger partial charge in [-0.3, -0.25) is 4.79 Å². The zero-order valence-electron chi connectivity index (χ0n) is 18.3. The van der Waals surface area contributed by atoms with Crippen LogP contribution in [0.1, 0.15) is 25.1 Å². The Morgan fingerprint density at radius 2 is 1.81 bits per heavy atom. The van der Waals surface area contributed by atoms with Crippen molar-refractivity contribution in [1.82, 2.24) is 19.1 Å². The number of carbonyl (C=O) groups is 1. The lowest BCUT2D eigenvalue weighted by Gasteiger charge is -2.18. The fourth-order valence-electron chi connectivity index (χ4n) is 3.40. The highest BCUT2D eigenvalue weighted by Crippen LogP contribution is 2.27. The molecular weight excluding hydrogens is 418 g/mol. The lowest BCUT2D eigenvalue weighted by molar-refractivity contribution is -0.118. The van der Waals surface area contributed by atoms with Gasteiger partial charge in [-0.1, -0.05) is 13.8 Å². The Labute approximate surface area is 182 Å². The molecule has 0 aliphatic heterocycles. The Bertz CT molecular complexity index is 1200. The van der Waals surface area contributed by atoms with Crippen molar-refractivity contribution in [2.24, 2.45) is 7.05 Å². The molecule has 0 radical (unpaired) electrons. The third kappa shape index (κ3) is 4.70. The van der Waals surface area contributed by atoms with Crippen LogP contribution < -0.4 is 10.1 Å². The first kappa shape index (κ1) is 22.7. The third-order valence-corrected chi connectivity index (χ3v) is 6.97. The van der Waals surface area contributed by atoms with Gasteiger partial charge in [-0.2, -0.15) is 4.31 Å². The van der Waals surface area contributed by atoms with Gasteiger partial charge < -0.3 is 10.1 Å². The molecule has 2 heterocycles. The highest BCUT2D eigenvalue weighted by molar-refractivity contribution is 7.89. The SMILES string of the molecule is CCN(CC)S(=O)(=O)c1ccc(NC(=O)COc2nn(C)c3nc(C)cc(C)c23)cc1. The Morgan fingerprint density at radius 1 is 1.16 bits per heavy atom. The third-order valence-electron chi connectivity index (χ3n) is 4.91. The lowest BCUT2D eigenvalue weighted by Crippen LogP contribution is -2.30. The largest absolute Gasteiger partial charge is 0.466 e. The van der Waals surface area contributed by atoms with Gasteiger partial charge in [0, 0.05) is 31.5 Å². The standard InChI is InChI=1S/C21H27N5O4S/c1-6-26(7-2)31(28,29)17-10-8-16(9-11-17)23-18(27)13-30-21-19-14(3)12-15(4)22-20(19)25(5)24-21/h8-12H,6-7,13H2,1-5H3,(H,23,27). The molecule has 0 aliphatic carbocycles. The summed E-state index contributed by atoms with van der Waals surface area (Å²) in [5.74, 6) is -0.0332. The summed E-state index contributed by atoms with van der Waals surface area (Å²) < 4.78 is 33.7. The molecule has 0 saturated heterocycles. The summed E-state index contributed by atoms with van der Waals surface area (Å²) >= 11 is 0. The van der Waals surface area contributed by atoms with Gasteiger partial charge in [0.05, 0.1) is 10.3 Å². The molecule has 166 valence electrons. The number of aromatic nitrogens is 3. The maximum Gasteiger partial charge on any atom is 0.262 e. The van der Waals surface area contributed by atoms with Crippen molar-refractivity contribution in [1.29, 1.82) is 0 Å². The first-order chi connectivity index (χ1) is 14.7.